The van der Waals surface area contributed by atoms with E-state index in [0.29, 0.717) is 31.8 Å². The van der Waals surface area contributed by atoms with Gasteiger partial charge in [0, 0.05) is 25.4 Å². The number of imide groups is 1. The van der Waals surface area contributed by atoms with E-state index in [0.717, 1.165) is 5.56 Å². The number of ether oxygens (including phenoxy) is 1. The van der Waals surface area contributed by atoms with E-state index in [1.165, 1.54) is 4.31 Å². The molecule has 136 valence electrons. The summed E-state index contributed by atoms with van der Waals surface area (Å²) in [4.78, 5) is 26.8. The van der Waals surface area contributed by atoms with Crippen LogP contribution in [0.5, 0.6) is 5.88 Å². The van der Waals surface area contributed by atoms with Gasteiger partial charge in [-0.15, -0.1) is 0 Å². The van der Waals surface area contributed by atoms with Crippen molar-refractivity contribution >= 4 is 22.0 Å². The molecule has 2 aliphatic rings. The lowest BCUT2D eigenvalue weighted by Gasteiger charge is -2.31. The Kier molecular flexibility index (Phi) is 4.91. The molecule has 1 aromatic heterocycles. The first-order chi connectivity index (χ1) is 11.8. The van der Waals surface area contributed by atoms with Gasteiger partial charge in [-0.25, -0.2) is 22.5 Å². The van der Waals surface area contributed by atoms with Crippen molar-refractivity contribution in [3.8, 4) is 5.88 Å². The SMILES string of the molecule is Cc1ccc(OC2CCN(S(=O)(=O)CC3NC(=O)NC3=O)CC2)nc1. The molecule has 0 aliphatic carbocycles. The molecular formula is C15H20N4O5S. The number of aromatic nitrogens is 1. The Hall–Kier alpha value is -2.20. The molecule has 0 spiro atoms. The predicted octanol–water partition coefficient (Wildman–Crippen LogP) is -0.229. The maximum atomic E-state index is 12.4. The largest absolute Gasteiger partial charge is 0.474 e. The Morgan fingerprint density at radius 3 is 2.56 bits per heavy atom. The monoisotopic (exact) mass is 368 g/mol. The van der Waals surface area contributed by atoms with Crippen LogP contribution in [0.1, 0.15) is 18.4 Å². The Morgan fingerprint density at radius 1 is 1.28 bits per heavy atom. The van der Waals surface area contributed by atoms with Crippen molar-refractivity contribution in [2.45, 2.75) is 31.9 Å². The van der Waals surface area contributed by atoms with Crippen molar-refractivity contribution in [1.29, 1.82) is 0 Å². The van der Waals surface area contributed by atoms with Gasteiger partial charge in [0.15, 0.2) is 0 Å². The van der Waals surface area contributed by atoms with Crippen molar-refractivity contribution < 1.29 is 22.7 Å². The molecule has 0 aromatic carbocycles. The van der Waals surface area contributed by atoms with Gasteiger partial charge in [-0.1, -0.05) is 6.07 Å². The molecule has 3 heterocycles. The lowest BCUT2D eigenvalue weighted by Crippen LogP contribution is -2.47. The van der Waals surface area contributed by atoms with Crippen molar-refractivity contribution in [3.63, 3.8) is 0 Å². The molecular weight excluding hydrogens is 348 g/mol. The lowest BCUT2D eigenvalue weighted by atomic mass is 10.1. The zero-order valence-electron chi connectivity index (χ0n) is 13.8. The summed E-state index contributed by atoms with van der Waals surface area (Å²) in [6.07, 6.45) is 2.70. The van der Waals surface area contributed by atoms with Crippen LogP contribution in [0.3, 0.4) is 0 Å². The molecule has 25 heavy (non-hydrogen) atoms. The van der Waals surface area contributed by atoms with Gasteiger partial charge >= 0.3 is 6.03 Å². The number of hydrogen-bond acceptors (Lipinski definition) is 6. The number of nitrogens with one attached hydrogen (secondary N) is 2. The average Bonchev–Trinajstić information content (AvgIpc) is 2.87. The number of amides is 3. The van der Waals surface area contributed by atoms with E-state index in [1.54, 1.807) is 12.3 Å². The van der Waals surface area contributed by atoms with Gasteiger partial charge in [0.05, 0.1) is 5.75 Å². The molecule has 0 saturated carbocycles. The minimum Gasteiger partial charge on any atom is -0.474 e. The van der Waals surface area contributed by atoms with E-state index in [1.807, 2.05) is 18.3 Å². The summed E-state index contributed by atoms with van der Waals surface area (Å²) in [5.41, 5.74) is 1.04. The minimum absolute atomic E-state index is 0.101. The smallest absolute Gasteiger partial charge is 0.322 e. The third-order valence-corrected chi connectivity index (χ3v) is 6.11. The van der Waals surface area contributed by atoms with E-state index in [9.17, 15) is 18.0 Å². The van der Waals surface area contributed by atoms with Crippen LogP contribution in [-0.2, 0) is 14.8 Å². The molecule has 2 fully saturated rings. The van der Waals surface area contributed by atoms with E-state index < -0.39 is 33.8 Å². The molecule has 1 aromatic rings. The van der Waals surface area contributed by atoms with E-state index in [4.69, 9.17) is 4.74 Å². The number of pyridine rings is 1. The first-order valence-electron chi connectivity index (χ1n) is 8.02. The zero-order valence-corrected chi connectivity index (χ0v) is 14.6. The molecule has 2 N–H and O–H groups in total. The fourth-order valence-corrected chi connectivity index (χ4v) is 4.45. The molecule has 0 bridgehead atoms. The highest BCUT2D eigenvalue weighted by Gasteiger charge is 2.37. The van der Waals surface area contributed by atoms with Crippen molar-refractivity contribution in [3.05, 3.63) is 23.9 Å². The van der Waals surface area contributed by atoms with Crippen molar-refractivity contribution in [2.24, 2.45) is 0 Å². The Morgan fingerprint density at radius 2 is 2.00 bits per heavy atom. The molecule has 1 unspecified atom stereocenters. The average molecular weight is 368 g/mol. The summed E-state index contributed by atoms with van der Waals surface area (Å²) >= 11 is 0. The topological polar surface area (TPSA) is 118 Å². The van der Waals surface area contributed by atoms with Crippen LogP contribution in [0.4, 0.5) is 4.79 Å². The normalized spacial score (nSPS) is 22.5. The lowest BCUT2D eigenvalue weighted by molar-refractivity contribution is -0.119. The highest BCUT2D eigenvalue weighted by atomic mass is 32.2. The fourth-order valence-electron chi connectivity index (χ4n) is 2.82. The number of carbonyl (C=O) groups excluding carboxylic acids is 2. The second-order valence-electron chi connectivity index (χ2n) is 6.18. The van der Waals surface area contributed by atoms with Crippen molar-refractivity contribution in [2.75, 3.05) is 18.8 Å². The molecule has 2 saturated heterocycles. The summed E-state index contributed by atoms with van der Waals surface area (Å²) in [6, 6.07) is 1.99. The molecule has 2 aliphatic heterocycles. The number of nitrogens with zero attached hydrogens (tertiary/aromatic N) is 2. The van der Waals surface area contributed by atoms with Crippen LogP contribution in [-0.4, -0.2) is 60.6 Å². The number of sulfonamides is 1. The first-order valence-corrected chi connectivity index (χ1v) is 9.63. The van der Waals surface area contributed by atoms with E-state index in [-0.39, 0.29) is 6.10 Å². The second-order valence-corrected chi connectivity index (χ2v) is 8.20. The highest BCUT2D eigenvalue weighted by Crippen LogP contribution is 2.20. The Labute approximate surface area is 145 Å². The number of hydrogen-bond donors (Lipinski definition) is 2. The molecule has 3 amide bonds. The van der Waals surface area contributed by atoms with Crippen LogP contribution < -0.4 is 15.4 Å². The fraction of sp³-hybridized carbons (Fsp3) is 0.533. The third-order valence-electron chi connectivity index (χ3n) is 4.20. The summed E-state index contributed by atoms with van der Waals surface area (Å²) in [6.45, 7) is 2.55. The number of piperidine rings is 1. The molecule has 9 nitrogen and oxygen atoms in total. The van der Waals surface area contributed by atoms with Crippen LogP contribution in [0.25, 0.3) is 0 Å². The zero-order chi connectivity index (χ0) is 18.0. The van der Waals surface area contributed by atoms with Gasteiger partial charge in [-0.2, -0.15) is 0 Å². The Balaban J connectivity index is 1.53. The molecule has 0 radical (unpaired) electrons. The second kappa shape index (κ2) is 6.96. The summed E-state index contributed by atoms with van der Waals surface area (Å²) in [5, 5.41) is 4.34. The van der Waals surface area contributed by atoms with Gasteiger partial charge in [-0.3, -0.25) is 10.1 Å². The number of carbonyl (C=O) groups is 2. The minimum atomic E-state index is -3.64. The molecule has 1 atom stereocenters. The van der Waals surface area contributed by atoms with Crippen LogP contribution in [0.2, 0.25) is 0 Å². The maximum Gasteiger partial charge on any atom is 0.322 e. The van der Waals surface area contributed by atoms with Crippen LogP contribution in [0, 0.1) is 6.92 Å². The summed E-state index contributed by atoms with van der Waals surface area (Å²) < 4.78 is 32.0. The number of urea groups is 1. The standard InChI is InChI=1S/C15H20N4O5S/c1-10-2-3-13(16-8-10)24-11-4-6-19(7-5-11)25(22,23)9-12-14(20)18-15(21)17-12/h2-3,8,11-12H,4-7,9H2,1H3,(H2,17,18,20,21). The quantitative estimate of drug-likeness (QED) is 0.693. The maximum absolute atomic E-state index is 12.4. The van der Waals surface area contributed by atoms with Gasteiger partial charge in [0.2, 0.25) is 15.9 Å². The van der Waals surface area contributed by atoms with E-state index >= 15 is 0 Å². The van der Waals surface area contributed by atoms with Crippen LogP contribution >= 0.6 is 0 Å². The number of aryl methyl sites for hydroxylation is 1. The van der Waals surface area contributed by atoms with Gasteiger partial charge < -0.3 is 10.1 Å². The molecule has 3 rings (SSSR count). The first kappa shape index (κ1) is 17.6. The predicted molar refractivity (Wildman–Crippen MR) is 88.4 cm³/mol. The van der Waals surface area contributed by atoms with Crippen molar-refractivity contribution in [1.82, 2.24) is 19.9 Å². The summed E-state index contributed by atoms with van der Waals surface area (Å²) in [7, 11) is -3.64. The van der Waals surface area contributed by atoms with Gasteiger partial charge in [0.1, 0.15) is 12.1 Å². The van der Waals surface area contributed by atoms with Gasteiger partial charge in [0.25, 0.3) is 5.91 Å². The Bertz CT molecular complexity index is 757. The summed E-state index contributed by atoms with van der Waals surface area (Å²) in [5.74, 6) is -0.523. The highest BCUT2D eigenvalue weighted by molar-refractivity contribution is 7.89. The van der Waals surface area contributed by atoms with Gasteiger partial charge in [-0.05, 0) is 25.3 Å². The molecule has 10 heteroatoms. The van der Waals surface area contributed by atoms with E-state index in [2.05, 4.69) is 10.3 Å². The van der Waals surface area contributed by atoms with Crippen LogP contribution in [0.15, 0.2) is 18.3 Å². The number of rotatable bonds is 5. The third kappa shape index (κ3) is 4.26.